The van der Waals surface area contributed by atoms with Gasteiger partial charge >= 0.3 is 0 Å². The number of ether oxygens (including phenoxy) is 1. The number of anilines is 1. The summed E-state index contributed by atoms with van der Waals surface area (Å²) >= 11 is 13.0. The molecule has 1 atom stereocenters. The topological polar surface area (TPSA) is 112 Å². The molecule has 12 heteroatoms. The van der Waals surface area contributed by atoms with E-state index in [4.69, 9.17) is 27.9 Å². The molecule has 0 aliphatic rings. The zero-order chi connectivity index (χ0) is 23.3. The molecule has 0 bridgehead atoms. The quantitative estimate of drug-likeness (QED) is 0.240. The van der Waals surface area contributed by atoms with Crippen LogP contribution in [0.15, 0.2) is 47.6 Å². The Morgan fingerprint density at radius 1 is 1.28 bits per heavy atom. The van der Waals surface area contributed by atoms with Crippen LogP contribution in [0, 0.1) is 10.1 Å². The Kier molecular flexibility index (Phi) is 7.94. The monoisotopic (exact) mass is 495 g/mol. The molecule has 1 aromatic heterocycles. The first-order valence-corrected chi connectivity index (χ1v) is 11.2. The van der Waals surface area contributed by atoms with E-state index >= 15 is 0 Å². The zero-order valence-corrected chi connectivity index (χ0v) is 19.4. The normalized spacial score (nSPS) is 11.8. The van der Waals surface area contributed by atoms with Gasteiger partial charge in [0.05, 0.1) is 10.7 Å². The van der Waals surface area contributed by atoms with E-state index in [0.717, 1.165) is 0 Å². The van der Waals surface area contributed by atoms with E-state index in [1.807, 2.05) is 18.4 Å². The third-order valence-electron chi connectivity index (χ3n) is 4.29. The number of hydrogen-bond acceptors (Lipinski definition) is 7. The highest BCUT2D eigenvalue weighted by Gasteiger charge is 2.20. The Hall–Kier alpha value is -2.82. The highest BCUT2D eigenvalue weighted by molar-refractivity contribution is 7.99. The fourth-order valence-corrected chi connectivity index (χ4v) is 4.04. The first-order valence-electron chi connectivity index (χ1n) is 9.50. The van der Waals surface area contributed by atoms with Crippen LogP contribution in [-0.2, 0) is 11.3 Å². The van der Waals surface area contributed by atoms with Gasteiger partial charge in [-0.25, -0.2) is 0 Å². The second-order valence-corrected chi connectivity index (χ2v) is 8.35. The van der Waals surface area contributed by atoms with Gasteiger partial charge in [-0.05, 0) is 44.2 Å². The summed E-state index contributed by atoms with van der Waals surface area (Å²) in [6, 6.07) is 11.2. The number of carbonyl (C=O) groups is 1. The lowest BCUT2D eigenvalue weighted by atomic mass is 10.3. The van der Waals surface area contributed by atoms with Crippen LogP contribution in [0.25, 0.3) is 0 Å². The van der Waals surface area contributed by atoms with Gasteiger partial charge in [-0.15, -0.1) is 10.2 Å². The maximum Gasteiger partial charge on any atom is 0.289 e. The molecular formula is C20H19Cl2N5O4S. The first-order chi connectivity index (χ1) is 15.3. The summed E-state index contributed by atoms with van der Waals surface area (Å²) in [6.45, 7) is 4.38. The van der Waals surface area contributed by atoms with Crippen LogP contribution >= 0.6 is 35.0 Å². The highest BCUT2D eigenvalue weighted by Crippen LogP contribution is 2.28. The van der Waals surface area contributed by atoms with Crippen molar-refractivity contribution in [1.82, 2.24) is 14.8 Å². The van der Waals surface area contributed by atoms with E-state index in [2.05, 4.69) is 15.5 Å². The molecule has 0 spiro atoms. The molecule has 3 rings (SSSR count). The molecule has 0 radical (unpaired) electrons. The maximum absolute atomic E-state index is 12.3. The fourth-order valence-electron chi connectivity index (χ4n) is 2.86. The first kappa shape index (κ1) is 23.8. The summed E-state index contributed by atoms with van der Waals surface area (Å²) < 4.78 is 7.78. The molecule has 32 heavy (non-hydrogen) atoms. The summed E-state index contributed by atoms with van der Waals surface area (Å²) in [6.07, 6.45) is -0.390. The molecule has 9 nitrogen and oxygen atoms in total. The number of nitro groups is 1. The lowest BCUT2D eigenvalue weighted by Crippen LogP contribution is -2.15. The number of amides is 1. The number of carbonyl (C=O) groups excluding carboxylic acids is 1. The lowest BCUT2D eigenvalue weighted by molar-refractivity contribution is -0.384. The number of nitrogens with one attached hydrogen (secondary N) is 1. The molecule has 3 aromatic rings. The van der Waals surface area contributed by atoms with Crippen LogP contribution in [0.3, 0.4) is 0 Å². The van der Waals surface area contributed by atoms with Gasteiger partial charge in [-0.3, -0.25) is 14.9 Å². The standard InChI is InChI=1S/C20H19Cl2N5O4S/c1-3-26-19(12(2)31-15-6-4-5-13(21)9-15)24-25-20(26)32-11-18(28)23-14-7-8-16(22)17(10-14)27(29)30/h4-10,12H,3,11H2,1-2H3,(H,23,28). The summed E-state index contributed by atoms with van der Waals surface area (Å²) in [4.78, 5) is 22.7. The second-order valence-electron chi connectivity index (χ2n) is 6.56. The Balaban J connectivity index is 1.64. The van der Waals surface area contributed by atoms with Crippen molar-refractivity contribution in [3.05, 3.63) is 68.4 Å². The summed E-state index contributed by atoms with van der Waals surface area (Å²) in [5, 5.41) is 23.1. The van der Waals surface area contributed by atoms with Gasteiger partial charge in [-0.2, -0.15) is 0 Å². The third-order valence-corrected chi connectivity index (χ3v) is 5.81. The molecule has 1 amide bonds. The SMILES string of the molecule is CCn1c(SCC(=O)Nc2ccc(Cl)c([N+](=O)[O-])c2)nnc1C(C)Oc1cccc(Cl)c1. The predicted molar refractivity (Wildman–Crippen MR) is 124 cm³/mol. The molecule has 1 heterocycles. The number of aromatic nitrogens is 3. The van der Waals surface area contributed by atoms with E-state index < -0.39 is 11.0 Å². The third kappa shape index (κ3) is 5.90. The van der Waals surface area contributed by atoms with Crippen LogP contribution < -0.4 is 10.1 Å². The molecular weight excluding hydrogens is 477 g/mol. The van der Waals surface area contributed by atoms with Crippen LogP contribution in [0.4, 0.5) is 11.4 Å². The smallest absolute Gasteiger partial charge is 0.289 e. The summed E-state index contributed by atoms with van der Waals surface area (Å²) in [7, 11) is 0. The zero-order valence-electron chi connectivity index (χ0n) is 17.1. The maximum atomic E-state index is 12.3. The van der Waals surface area contributed by atoms with Crippen LogP contribution in [-0.4, -0.2) is 31.3 Å². The summed E-state index contributed by atoms with van der Waals surface area (Å²) in [5.74, 6) is 0.921. The van der Waals surface area contributed by atoms with Crippen molar-refractivity contribution in [1.29, 1.82) is 0 Å². The van der Waals surface area contributed by atoms with E-state index in [1.54, 1.807) is 24.3 Å². The van der Waals surface area contributed by atoms with Crippen molar-refractivity contribution in [3.8, 4) is 5.75 Å². The number of nitrogens with zero attached hydrogens (tertiary/aromatic N) is 4. The van der Waals surface area contributed by atoms with Crippen molar-refractivity contribution in [2.45, 2.75) is 31.7 Å². The van der Waals surface area contributed by atoms with Gasteiger partial charge < -0.3 is 14.6 Å². The van der Waals surface area contributed by atoms with Crippen molar-refractivity contribution in [2.75, 3.05) is 11.1 Å². The number of thioether (sulfide) groups is 1. The highest BCUT2D eigenvalue weighted by atomic mass is 35.5. The lowest BCUT2D eigenvalue weighted by Gasteiger charge is -2.15. The van der Waals surface area contributed by atoms with Crippen molar-refractivity contribution in [2.24, 2.45) is 0 Å². The summed E-state index contributed by atoms with van der Waals surface area (Å²) in [5.41, 5.74) is 0.00840. The number of hydrogen-bond donors (Lipinski definition) is 1. The van der Waals surface area contributed by atoms with Gasteiger partial charge in [0.15, 0.2) is 17.1 Å². The van der Waals surface area contributed by atoms with Crippen LogP contribution in [0.5, 0.6) is 5.75 Å². The Morgan fingerprint density at radius 2 is 2.06 bits per heavy atom. The van der Waals surface area contributed by atoms with Gasteiger partial charge in [0.2, 0.25) is 5.91 Å². The molecule has 0 aliphatic carbocycles. The fraction of sp³-hybridized carbons (Fsp3) is 0.250. The molecule has 1 unspecified atom stereocenters. The molecule has 0 saturated heterocycles. The van der Waals surface area contributed by atoms with Crippen LogP contribution in [0.1, 0.15) is 25.8 Å². The van der Waals surface area contributed by atoms with Gasteiger partial charge in [0.25, 0.3) is 5.69 Å². The molecule has 0 saturated carbocycles. The Bertz CT molecular complexity index is 1140. The molecule has 0 fully saturated rings. The molecule has 168 valence electrons. The van der Waals surface area contributed by atoms with Crippen molar-refractivity contribution < 1.29 is 14.5 Å². The molecule has 0 aliphatic heterocycles. The van der Waals surface area contributed by atoms with Gasteiger partial charge in [-0.1, -0.05) is 41.0 Å². The minimum Gasteiger partial charge on any atom is -0.483 e. The number of rotatable bonds is 9. The van der Waals surface area contributed by atoms with Crippen molar-refractivity contribution >= 4 is 52.2 Å². The Morgan fingerprint density at radius 3 is 2.75 bits per heavy atom. The minimum atomic E-state index is -0.607. The van der Waals surface area contributed by atoms with E-state index in [-0.39, 0.29) is 28.1 Å². The van der Waals surface area contributed by atoms with E-state index in [1.165, 1.54) is 30.0 Å². The van der Waals surface area contributed by atoms with Gasteiger partial charge in [0.1, 0.15) is 10.8 Å². The van der Waals surface area contributed by atoms with E-state index in [9.17, 15) is 14.9 Å². The number of nitro benzene ring substituents is 1. The largest absolute Gasteiger partial charge is 0.483 e. The molecule has 1 N–H and O–H groups in total. The van der Waals surface area contributed by atoms with E-state index in [0.29, 0.717) is 28.3 Å². The average molecular weight is 496 g/mol. The average Bonchev–Trinajstić information content (AvgIpc) is 3.16. The minimum absolute atomic E-state index is 0.0000590. The van der Waals surface area contributed by atoms with Gasteiger partial charge in [0, 0.05) is 23.3 Å². The Labute approximate surface area is 198 Å². The predicted octanol–water partition coefficient (Wildman–Crippen LogP) is 5.38. The van der Waals surface area contributed by atoms with Crippen molar-refractivity contribution in [3.63, 3.8) is 0 Å². The molecule has 2 aromatic carbocycles. The number of halogens is 2. The second kappa shape index (κ2) is 10.7. The number of benzene rings is 2. The van der Waals surface area contributed by atoms with Crippen LogP contribution in [0.2, 0.25) is 10.0 Å².